The number of carbonyl (C=O) groups excluding carboxylic acids is 1. The Kier molecular flexibility index (Phi) is 4.52. The normalized spacial score (nSPS) is 14.9. The molecule has 3 rings (SSSR count). The number of hydrogen-bond acceptors (Lipinski definition) is 5. The topological polar surface area (TPSA) is 63.7 Å². The molecule has 1 saturated carbocycles. The molecule has 0 atom stereocenters. The minimum Gasteiger partial charge on any atom is -0.465 e. The van der Waals surface area contributed by atoms with Crippen LogP contribution in [0.5, 0.6) is 0 Å². The van der Waals surface area contributed by atoms with Crippen LogP contribution in [0.25, 0.3) is 0 Å². The lowest BCUT2D eigenvalue weighted by molar-refractivity contribution is 0.0596. The summed E-state index contributed by atoms with van der Waals surface area (Å²) in [5.74, 6) is -0.643. The van der Waals surface area contributed by atoms with Crippen molar-refractivity contribution in [3.63, 3.8) is 0 Å². The van der Waals surface area contributed by atoms with Gasteiger partial charge in [0.1, 0.15) is 0 Å². The number of sulfonamides is 1. The number of thiophene rings is 1. The van der Waals surface area contributed by atoms with Gasteiger partial charge in [0.2, 0.25) is 10.0 Å². The van der Waals surface area contributed by atoms with Gasteiger partial charge in [0.05, 0.1) is 17.6 Å². The van der Waals surface area contributed by atoms with Crippen molar-refractivity contribution in [1.29, 1.82) is 0 Å². The Morgan fingerprint density at radius 3 is 2.61 bits per heavy atom. The maximum Gasteiger partial charge on any atom is 0.339 e. The average molecular weight is 351 g/mol. The summed E-state index contributed by atoms with van der Waals surface area (Å²) in [4.78, 5) is 12.9. The third-order valence-corrected chi connectivity index (χ3v) is 6.54. The van der Waals surface area contributed by atoms with E-state index >= 15 is 0 Å². The lowest BCUT2D eigenvalue weighted by Crippen LogP contribution is -2.33. The highest BCUT2D eigenvalue weighted by molar-refractivity contribution is 7.89. The van der Waals surface area contributed by atoms with Crippen LogP contribution in [0.2, 0.25) is 0 Å². The molecule has 23 heavy (non-hydrogen) atoms. The molecule has 0 bridgehead atoms. The van der Waals surface area contributed by atoms with E-state index < -0.39 is 16.0 Å². The highest BCUT2D eigenvalue weighted by Gasteiger charge is 2.39. The molecular weight excluding hydrogens is 334 g/mol. The van der Waals surface area contributed by atoms with E-state index in [1.54, 1.807) is 12.1 Å². The number of rotatable bonds is 6. The standard InChI is InChI=1S/C16H17NO4S2/c1-21-16(18)14-6-2-3-7-15(14)23(19,20)17(12-8-9-12)11-13-5-4-10-22-13/h2-7,10,12H,8-9,11H2,1H3. The van der Waals surface area contributed by atoms with Crippen molar-refractivity contribution in [3.8, 4) is 0 Å². The predicted octanol–water partition coefficient (Wildman–Crippen LogP) is 2.89. The van der Waals surface area contributed by atoms with Gasteiger partial charge in [-0.1, -0.05) is 18.2 Å². The molecule has 1 aromatic heterocycles. The molecule has 0 unspecified atom stereocenters. The zero-order chi connectivity index (χ0) is 16.4. The number of methoxy groups -OCH3 is 1. The first-order valence-electron chi connectivity index (χ1n) is 7.25. The Bertz CT molecular complexity index is 795. The fourth-order valence-electron chi connectivity index (χ4n) is 2.43. The summed E-state index contributed by atoms with van der Waals surface area (Å²) >= 11 is 1.53. The maximum absolute atomic E-state index is 13.1. The number of hydrogen-bond donors (Lipinski definition) is 0. The van der Waals surface area contributed by atoms with Gasteiger partial charge in [0.15, 0.2) is 0 Å². The summed E-state index contributed by atoms with van der Waals surface area (Å²) in [6.45, 7) is 0.334. The molecular formula is C16H17NO4S2. The third-order valence-electron chi connectivity index (χ3n) is 3.72. The van der Waals surface area contributed by atoms with Gasteiger partial charge in [-0.15, -0.1) is 11.3 Å². The zero-order valence-corrected chi connectivity index (χ0v) is 14.3. The van der Waals surface area contributed by atoms with Gasteiger partial charge >= 0.3 is 5.97 Å². The van der Waals surface area contributed by atoms with E-state index in [1.807, 2.05) is 17.5 Å². The predicted molar refractivity (Wildman–Crippen MR) is 87.9 cm³/mol. The number of ether oxygens (including phenoxy) is 1. The molecule has 0 spiro atoms. The smallest absolute Gasteiger partial charge is 0.339 e. The van der Waals surface area contributed by atoms with Gasteiger partial charge in [-0.2, -0.15) is 4.31 Å². The molecule has 1 fully saturated rings. The molecule has 5 nitrogen and oxygen atoms in total. The van der Waals surface area contributed by atoms with Crippen LogP contribution < -0.4 is 0 Å². The van der Waals surface area contributed by atoms with E-state index in [0.717, 1.165) is 17.7 Å². The molecule has 1 aromatic carbocycles. The summed E-state index contributed by atoms with van der Waals surface area (Å²) in [5, 5.41) is 1.93. The van der Waals surface area contributed by atoms with Crippen molar-refractivity contribution in [2.45, 2.75) is 30.3 Å². The highest BCUT2D eigenvalue weighted by atomic mass is 32.2. The van der Waals surface area contributed by atoms with Crippen molar-refractivity contribution < 1.29 is 17.9 Å². The Morgan fingerprint density at radius 1 is 1.26 bits per heavy atom. The van der Waals surface area contributed by atoms with Crippen LogP contribution in [0, 0.1) is 0 Å². The average Bonchev–Trinajstić information content (AvgIpc) is 3.27. The lowest BCUT2D eigenvalue weighted by Gasteiger charge is -2.22. The molecule has 0 amide bonds. The summed E-state index contributed by atoms with van der Waals surface area (Å²) < 4.78 is 32.4. The van der Waals surface area contributed by atoms with Gasteiger partial charge in [0.25, 0.3) is 0 Å². The second-order valence-electron chi connectivity index (χ2n) is 5.35. The van der Waals surface area contributed by atoms with Crippen molar-refractivity contribution in [1.82, 2.24) is 4.31 Å². The summed E-state index contributed by atoms with van der Waals surface area (Å²) in [5.41, 5.74) is 0.0758. The van der Waals surface area contributed by atoms with Crippen LogP contribution >= 0.6 is 11.3 Å². The molecule has 0 saturated heterocycles. The van der Waals surface area contributed by atoms with Gasteiger partial charge in [-0.05, 0) is 36.4 Å². The Balaban J connectivity index is 2.00. The first-order chi connectivity index (χ1) is 11.0. The second kappa shape index (κ2) is 6.43. The number of esters is 1. The fraction of sp³-hybridized carbons (Fsp3) is 0.312. The number of benzene rings is 1. The van der Waals surface area contributed by atoms with E-state index in [9.17, 15) is 13.2 Å². The first kappa shape index (κ1) is 16.2. The fourth-order valence-corrected chi connectivity index (χ4v) is 5.05. The first-order valence-corrected chi connectivity index (χ1v) is 9.57. The lowest BCUT2D eigenvalue weighted by atomic mass is 10.2. The van der Waals surface area contributed by atoms with Gasteiger partial charge in [-0.25, -0.2) is 13.2 Å². The van der Waals surface area contributed by atoms with Gasteiger partial charge in [0, 0.05) is 17.5 Å². The Morgan fingerprint density at radius 2 is 2.00 bits per heavy atom. The largest absolute Gasteiger partial charge is 0.465 e. The van der Waals surface area contributed by atoms with Crippen molar-refractivity contribution in [2.24, 2.45) is 0 Å². The minimum absolute atomic E-state index is 0.00723. The summed E-state index contributed by atoms with van der Waals surface area (Å²) in [6.07, 6.45) is 1.70. The molecule has 0 N–H and O–H groups in total. The Labute approximate surface area is 139 Å². The highest BCUT2D eigenvalue weighted by Crippen LogP contribution is 2.35. The summed E-state index contributed by atoms with van der Waals surface area (Å²) in [6, 6.07) is 10.0. The van der Waals surface area contributed by atoms with E-state index in [4.69, 9.17) is 4.74 Å². The molecule has 1 aliphatic rings. The van der Waals surface area contributed by atoms with Crippen molar-refractivity contribution >= 4 is 27.3 Å². The van der Waals surface area contributed by atoms with Crippen LogP contribution in [-0.2, 0) is 21.3 Å². The minimum atomic E-state index is -3.76. The van der Waals surface area contributed by atoms with Crippen molar-refractivity contribution in [2.75, 3.05) is 7.11 Å². The molecule has 1 heterocycles. The molecule has 7 heteroatoms. The van der Waals surface area contributed by atoms with Crippen LogP contribution in [0.3, 0.4) is 0 Å². The second-order valence-corrected chi connectivity index (χ2v) is 8.24. The molecule has 1 aliphatic carbocycles. The quantitative estimate of drug-likeness (QED) is 0.751. The van der Waals surface area contributed by atoms with E-state index in [0.29, 0.717) is 6.54 Å². The number of nitrogens with zero attached hydrogens (tertiary/aromatic N) is 1. The Hall–Kier alpha value is -1.70. The molecule has 0 aliphatic heterocycles. The molecule has 2 aromatic rings. The van der Waals surface area contributed by atoms with Crippen LogP contribution in [-0.4, -0.2) is 31.8 Å². The molecule has 122 valence electrons. The maximum atomic E-state index is 13.1. The zero-order valence-electron chi connectivity index (χ0n) is 12.6. The monoisotopic (exact) mass is 351 g/mol. The van der Waals surface area contributed by atoms with Crippen molar-refractivity contribution in [3.05, 3.63) is 52.2 Å². The van der Waals surface area contributed by atoms with Crippen LogP contribution in [0.15, 0.2) is 46.7 Å². The third kappa shape index (κ3) is 3.31. The van der Waals surface area contributed by atoms with Gasteiger partial charge < -0.3 is 4.74 Å². The molecule has 0 radical (unpaired) electrons. The number of carbonyl (C=O) groups is 1. The van der Waals surface area contributed by atoms with E-state index in [-0.39, 0.29) is 16.5 Å². The SMILES string of the molecule is COC(=O)c1ccccc1S(=O)(=O)N(Cc1cccs1)C1CC1. The van der Waals surface area contributed by atoms with Crippen LogP contribution in [0.4, 0.5) is 0 Å². The van der Waals surface area contributed by atoms with E-state index in [1.165, 1.54) is 34.9 Å². The van der Waals surface area contributed by atoms with Gasteiger partial charge in [-0.3, -0.25) is 0 Å². The summed E-state index contributed by atoms with van der Waals surface area (Å²) in [7, 11) is -2.51. The van der Waals surface area contributed by atoms with E-state index in [2.05, 4.69) is 0 Å². The van der Waals surface area contributed by atoms with Crippen LogP contribution in [0.1, 0.15) is 28.1 Å².